The molecular formula is C5H12Cl2N2O3. The fourth-order valence-corrected chi connectivity index (χ4v) is 0.307. The Balaban J connectivity index is -0.000000405. The van der Waals surface area contributed by atoms with E-state index in [2.05, 4.69) is 10.1 Å². The first-order valence-corrected chi connectivity index (χ1v) is 2.71. The summed E-state index contributed by atoms with van der Waals surface area (Å²) < 4.78 is 4.21. The average Bonchev–Trinajstić information content (AvgIpc) is 1.87. The van der Waals surface area contributed by atoms with Gasteiger partial charge in [0.15, 0.2) is 0 Å². The monoisotopic (exact) mass is 218 g/mol. The Morgan fingerprint density at radius 1 is 1.42 bits per heavy atom. The number of nitrogens with one attached hydrogen (secondary N) is 1. The van der Waals surface area contributed by atoms with E-state index in [0.29, 0.717) is 0 Å². The van der Waals surface area contributed by atoms with Crippen molar-refractivity contribution in [3.8, 4) is 0 Å². The maximum atomic E-state index is 10.4. The van der Waals surface area contributed by atoms with E-state index in [4.69, 9.17) is 5.73 Å². The van der Waals surface area contributed by atoms with Crippen LogP contribution < -0.4 is 11.1 Å². The lowest BCUT2D eigenvalue weighted by Crippen LogP contribution is -2.42. The maximum Gasteiger partial charge on any atom is 0.407 e. The zero-order valence-corrected chi connectivity index (χ0v) is 8.33. The molecule has 0 aliphatic rings. The molecule has 0 aliphatic carbocycles. The number of alkyl carbamates (subject to hydrolysis) is 1. The molecule has 0 saturated heterocycles. The first-order chi connectivity index (χ1) is 4.57. The SMILES string of the molecule is COC(=O)N[C@H](C)C(N)=O.Cl.Cl. The van der Waals surface area contributed by atoms with Gasteiger partial charge in [0, 0.05) is 0 Å². The minimum absolute atomic E-state index is 0. The second-order valence-electron chi connectivity index (χ2n) is 1.76. The predicted molar refractivity (Wildman–Crippen MR) is 48.7 cm³/mol. The molecule has 0 fully saturated rings. The number of carbonyl (C=O) groups excluding carboxylic acids is 2. The Hall–Kier alpha value is -0.680. The Morgan fingerprint density at radius 2 is 1.83 bits per heavy atom. The summed E-state index contributed by atoms with van der Waals surface area (Å²) in [6.45, 7) is 1.47. The molecule has 1 atom stereocenters. The molecule has 12 heavy (non-hydrogen) atoms. The van der Waals surface area contributed by atoms with Gasteiger partial charge in [0.25, 0.3) is 0 Å². The Morgan fingerprint density at radius 3 is 2.08 bits per heavy atom. The average molecular weight is 219 g/mol. The molecule has 0 aliphatic heterocycles. The van der Waals surface area contributed by atoms with Gasteiger partial charge < -0.3 is 15.8 Å². The van der Waals surface area contributed by atoms with Crippen molar-refractivity contribution in [1.82, 2.24) is 5.32 Å². The summed E-state index contributed by atoms with van der Waals surface area (Å²) in [5.74, 6) is -0.592. The van der Waals surface area contributed by atoms with Gasteiger partial charge in [0.05, 0.1) is 7.11 Å². The van der Waals surface area contributed by atoms with Crippen LogP contribution in [0.4, 0.5) is 4.79 Å². The molecular weight excluding hydrogens is 207 g/mol. The molecule has 0 unspecified atom stereocenters. The largest absolute Gasteiger partial charge is 0.453 e. The summed E-state index contributed by atoms with van der Waals surface area (Å²) in [7, 11) is 1.21. The Labute approximate surface area is 82.8 Å². The normalized spacial score (nSPS) is 9.83. The fourth-order valence-electron chi connectivity index (χ4n) is 0.307. The van der Waals surface area contributed by atoms with Crippen LogP contribution in [0.1, 0.15) is 6.92 Å². The molecule has 2 amide bonds. The van der Waals surface area contributed by atoms with Gasteiger partial charge in [0.1, 0.15) is 6.04 Å². The third kappa shape index (κ3) is 7.43. The molecule has 0 radical (unpaired) electrons. The molecule has 0 aromatic rings. The van der Waals surface area contributed by atoms with Crippen molar-refractivity contribution in [3.05, 3.63) is 0 Å². The first kappa shape index (κ1) is 17.4. The van der Waals surface area contributed by atoms with Crippen molar-refractivity contribution in [1.29, 1.82) is 0 Å². The number of hydrogen-bond acceptors (Lipinski definition) is 3. The predicted octanol–water partition coefficient (Wildman–Crippen LogP) is 0.0598. The van der Waals surface area contributed by atoms with Crippen LogP contribution in [0.2, 0.25) is 0 Å². The van der Waals surface area contributed by atoms with Crippen molar-refractivity contribution < 1.29 is 14.3 Å². The minimum atomic E-state index is -0.688. The number of rotatable bonds is 2. The molecule has 0 saturated carbocycles. The van der Waals surface area contributed by atoms with Crippen molar-refractivity contribution >= 4 is 36.8 Å². The van der Waals surface area contributed by atoms with Gasteiger partial charge in [-0.15, -0.1) is 24.8 Å². The first-order valence-electron chi connectivity index (χ1n) is 2.71. The van der Waals surface area contributed by atoms with Crippen LogP contribution in [0.3, 0.4) is 0 Å². The number of methoxy groups -OCH3 is 1. The van der Waals surface area contributed by atoms with Gasteiger partial charge in [-0.3, -0.25) is 4.79 Å². The van der Waals surface area contributed by atoms with E-state index in [1.165, 1.54) is 14.0 Å². The molecule has 0 aromatic carbocycles. The molecule has 3 N–H and O–H groups in total. The summed E-state index contributed by atoms with van der Waals surface area (Å²) in [4.78, 5) is 20.7. The number of ether oxygens (including phenoxy) is 1. The highest BCUT2D eigenvalue weighted by atomic mass is 35.5. The van der Waals surface area contributed by atoms with E-state index in [0.717, 1.165) is 0 Å². The van der Waals surface area contributed by atoms with Gasteiger partial charge in [-0.05, 0) is 6.92 Å². The molecule has 5 nitrogen and oxygen atoms in total. The Bertz CT molecular complexity index is 154. The molecule has 0 rings (SSSR count). The van der Waals surface area contributed by atoms with Crippen LogP contribution in [-0.4, -0.2) is 25.2 Å². The lowest BCUT2D eigenvalue weighted by atomic mass is 10.3. The lowest BCUT2D eigenvalue weighted by molar-refractivity contribution is -0.119. The molecule has 0 bridgehead atoms. The van der Waals surface area contributed by atoms with E-state index >= 15 is 0 Å². The third-order valence-corrected chi connectivity index (χ3v) is 0.947. The van der Waals surface area contributed by atoms with E-state index in [-0.39, 0.29) is 24.8 Å². The van der Waals surface area contributed by atoms with Crippen molar-refractivity contribution in [2.45, 2.75) is 13.0 Å². The van der Waals surface area contributed by atoms with Crippen LogP contribution in [0.15, 0.2) is 0 Å². The van der Waals surface area contributed by atoms with Gasteiger partial charge >= 0.3 is 6.09 Å². The topological polar surface area (TPSA) is 81.4 Å². The number of nitrogens with two attached hydrogens (primary N) is 1. The quantitative estimate of drug-likeness (QED) is 0.688. The van der Waals surface area contributed by atoms with Crippen LogP contribution >= 0.6 is 24.8 Å². The summed E-state index contributed by atoms with van der Waals surface area (Å²) in [6.07, 6.45) is -0.661. The summed E-state index contributed by atoms with van der Waals surface area (Å²) in [6, 6.07) is -0.688. The van der Waals surface area contributed by atoms with Crippen molar-refractivity contribution in [2.75, 3.05) is 7.11 Å². The summed E-state index contributed by atoms with van der Waals surface area (Å²) in [5, 5.41) is 2.19. The zero-order valence-electron chi connectivity index (χ0n) is 6.70. The number of halogens is 2. The second kappa shape index (κ2) is 8.42. The molecule has 74 valence electrons. The van der Waals surface area contributed by atoms with E-state index < -0.39 is 18.0 Å². The second-order valence-corrected chi connectivity index (χ2v) is 1.76. The van der Waals surface area contributed by atoms with Gasteiger partial charge in [-0.1, -0.05) is 0 Å². The van der Waals surface area contributed by atoms with E-state index in [1.54, 1.807) is 0 Å². The maximum absolute atomic E-state index is 10.4. The highest BCUT2D eigenvalue weighted by Crippen LogP contribution is 1.79. The summed E-state index contributed by atoms with van der Waals surface area (Å²) in [5.41, 5.74) is 4.83. The third-order valence-electron chi connectivity index (χ3n) is 0.947. The van der Waals surface area contributed by atoms with E-state index in [9.17, 15) is 9.59 Å². The van der Waals surface area contributed by atoms with Crippen LogP contribution in [0.25, 0.3) is 0 Å². The zero-order chi connectivity index (χ0) is 8.15. The minimum Gasteiger partial charge on any atom is -0.453 e. The highest BCUT2D eigenvalue weighted by Gasteiger charge is 2.10. The standard InChI is InChI=1S/C5H10N2O3.2ClH/c1-3(4(6)8)7-5(9)10-2;;/h3H,1-2H3,(H2,6,8)(H,7,9);2*1H/t3-;;/m1../s1. The van der Waals surface area contributed by atoms with Crippen LogP contribution in [-0.2, 0) is 9.53 Å². The molecule has 7 heteroatoms. The number of hydrogen-bond donors (Lipinski definition) is 2. The Kier molecular flexibility index (Phi) is 12.2. The van der Waals surface area contributed by atoms with Crippen LogP contribution in [0, 0.1) is 0 Å². The molecule has 0 heterocycles. The number of primary amides is 1. The lowest BCUT2D eigenvalue weighted by Gasteiger charge is -2.07. The van der Waals surface area contributed by atoms with Gasteiger partial charge in [-0.2, -0.15) is 0 Å². The van der Waals surface area contributed by atoms with E-state index in [1.807, 2.05) is 0 Å². The fraction of sp³-hybridized carbons (Fsp3) is 0.600. The van der Waals surface area contributed by atoms with Crippen molar-refractivity contribution in [2.24, 2.45) is 5.73 Å². The number of carbonyl (C=O) groups is 2. The van der Waals surface area contributed by atoms with Gasteiger partial charge in [0.2, 0.25) is 5.91 Å². The number of amides is 2. The smallest absolute Gasteiger partial charge is 0.407 e. The van der Waals surface area contributed by atoms with Gasteiger partial charge in [-0.25, -0.2) is 4.79 Å². The molecule has 0 spiro atoms. The summed E-state index contributed by atoms with van der Waals surface area (Å²) >= 11 is 0. The highest BCUT2D eigenvalue weighted by molar-refractivity contribution is 5.85. The van der Waals surface area contributed by atoms with Crippen molar-refractivity contribution in [3.63, 3.8) is 0 Å². The molecule has 0 aromatic heterocycles. The van der Waals surface area contributed by atoms with Crippen LogP contribution in [0.5, 0.6) is 0 Å².